The molecule has 0 N–H and O–H groups in total. The lowest BCUT2D eigenvalue weighted by Gasteiger charge is -2.36. The Balaban J connectivity index is 5.12. The van der Waals surface area contributed by atoms with Crippen molar-refractivity contribution in [2.45, 2.75) is 106 Å². The second kappa shape index (κ2) is 9.64. The monoisotopic (exact) mass is 280 g/mol. The van der Waals surface area contributed by atoms with Gasteiger partial charge in [0.1, 0.15) is 0 Å². The van der Waals surface area contributed by atoms with E-state index in [1.165, 1.54) is 57.8 Å². The minimum absolute atomic E-state index is 0.544. The smallest absolute Gasteiger partial charge is 0.0263 e. The molecule has 0 saturated carbocycles. The largest absolute Gasteiger partial charge is 0.0856 e. The Labute approximate surface area is 129 Å². The Bertz CT molecular complexity index is 223. The molecule has 0 aromatic heterocycles. The maximum Gasteiger partial charge on any atom is -0.0263 e. The van der Waals surface area contributed by atoms with Crippen molar-refractivity contribution in [3.05, 3.63) is 11.6 Å². The Morgan fingerprint density at radius 1 is 0.600 bits per heavy atom. The molecule has 0 aliphatic rings. The summed E-state index contributed by atoms with van der Waals surface area (Å²) >= 11 is 0. The molecule has 0 aliphatic heterocycles. The summed E-state index contributed by atoms with van der Waals surface area (Å²) in [6, 6.07) is 0. The van der Waals surface area contributed by atoms with E-state index in [1.54, 1.807) is 5.57 Å². The summed E-state index contributed by atoms with van der Waals surface area (Å²) in [6.45, 7) is 16.6. The van der Waals surface area contributed by atoms with Crippen molar-refractivity contribution in [2.75, 3.05) is 0 Å². The maximum absolute atomic E-state index is 2.53. The Morgan fingerprint density at radius 2 is 0.900 bits per heavy atom. The van der Waals surface area contributed by atoms with E-state index in [2.05, 4.69) is 54.5 Å². The normalized spacial score (nSPS) is 12.6. The van der Waals surface area contributed by atoms with E-state index in [9.17, 15) is 0 Å². The third-order valence-electron chi connectivity index (χ3n) is 6.20. The maximum atomic E-state index is 2.53. The molecule has 0 unspecified atom stereocenters. The van der Waals surface area contributed by atoms with Gasteiger partial charge in [0.15, 0.2) is 0 Å². The molecule has 0 rings (SSSR count). The standard InChI is InChI=1S/C20H40/c1-8-15-18(16-19(9-2,10-3)11-4)17-20(12-5,13-6)14-7/h15H,8-14,16-17H2,1-7H3. The zero-order chi connectivity index (χ0) is 15.6. The number of hydrogen-bond donors (Lipinski definition) is 0. The zero-order valence-corrected chi connectivity index (χ0v) is 15.4. The van der Waals surface area contributed by atoms with Crippen LogP contribution in [0.15, 0.2) is 11.6 Å². The average Bonchev–Trinajstić information content (AvgIpc) is 2.50. The molecule has 0 atom stereocenters. The SMILES string of the molecule is CCC=C(CC(CC)(CC)CC)CC(CC)(CC)CC. The van der Waals surface area contributed by atoms with Gasteiger partial charge < -0.3 is 0 Å². The Kier molecular flexibility index (Phi) is 9.51. The van der Waals surface area contributed by atoms with Crippen molar-refractivity contribution < 1.29 is 0 Å². The highest BCUT2D eigenvalue weighted by atomic mass is 14.3. The van der Waals surface area contributed by atoms with E-state index in [4.69, 9.17) is 0 Å². The minimum atomic E-state index is 0.544. The molecule has 0 saturated heterocycles. The highest BCUT2D eigenvalue weighted by molar-refractivity contribution is 5.09. The third kappa shape index (κ3) is 5.26. The highest BCUT2D eigenvalue weighted by Crippen LogP contribution is 2.43. The first kappa shape index (κ1) is 19.7. The van der Waals surface area contributed by atoms with Gasteiger partial charge >= 0.3 is 0 Å². The van der Waals surface area contributed by atoms with Crippen LogP contribution in [0.1, 0.15) is 106 Å². The van der Waals surface area contributed by atoms with E-state index < -0.39 is 0 Å². The van der Waals surface area contributed by atoms with Gasteiger partial charge in [-0.15, -0.1) is 0 Å². The summed E-state index contributed by atoms with van der Waals surface area (Å²) in [5, 5.41) is 0. The molecule has 0 aliphatic carbocycles. The van der Waals surface area contributed by atoms with Gasteiger partial charge in [-0.2, -0.15) is 0 Å². The molecule has 0 fully saturated rings. The van der Waals surface area contributed by atoms with Crippen LogP contribution < -0.4 is 0 Å². The van der Waals surface area contributed by atoms with Crippen LogP contribution in [0.25, 0.3) is 0 Å². The van der Waals surface area contributed by atoms with E-state index in [0.717, 1.165) is 0 Å². The predicted molar refractivity (Wildman–Crippen MR) is 94.2 cm³/mol. The van der Waals surface area contributed by atoms with Gasteiger partial charge in [0.05, 0.1) is 0 Å². The fourth-order valence-electron chi connectivity index (χ4n) is 3.71. The fourth-order valence-corrected chi connectivity index (χ4v) is 3.71. The van der Waals surface area contributed by atoms with Gasteiger partial charge in [-0.25, -0.2) is 0 Å². The molecule has 0 heteroatoms. The van der Waals surface area contributed by atoms with Crippen LogP contribution in [0.4, 0.5) is 0 Å². The van der Waals surface area contributed by atoms with Crippen molar-refractivity contribution in [2.24, 2.45) is 10.8 Å². The van der Waals surface area contributed by atoms with E-state index >= 15 is 0 Å². The van der Waals surface area contributed by atoms with Gasteiger partial charge in [-0.05, 0) is 30.1 Å². The lowest BCUT2D eigenvalue weighted by atomic mass is 9.69. The van der Waals surface area contributed by atoms with Gasteiger partial charge in [-0.1, -0.05) is 98.6 Å². The molecular formula is C20H40. The predicted octanol–water partition coefficient (Wildman–Crippen LogP) is 7.54. The minimum Gasteiger partial charge on any atom is -0.0856 e. The summed E-state index contributed by atoms with van der Waals surface area (Å²) in [7, 11) is 0. The number of rotatable bonds is 11. The van der Waals surface area contributed by atoms with Crippen molar-refractivity contribution >= 4 is 0 Å². The average molecular weight is 281 g/mol. The Morgan fingerprint density at radius 3 is 1.10 bits per heavy atom. The van der Waals surface area contributed by atoms with Crippen LogP contribution in [0, 0.1) is 10.8 Å². The number of hydrogen-bond acceptors (Lipinski definition) is 0. The van der Waals surface area contributed by atoms with E-state index in [1.807, 2.05) is 0 Å². The molecule has 120 valence electrons. The summed E-state index contributed by atoms with van der Waals surface area (Å²) in [4.78, 5) is 0. The first-order valence-electron chi connectivity index (χ1n) is 9.18. The molecule has 0 radical (unpaired) electrons. The van der Waals surface area contributed by atoms with E-state index in [-0.39, 0.29) is 0 Å². The third-order valence-corrected chi connectivity index (χ3v) is 6.20. The second-order valence-electron chi connectivity index (χ2n) is 6.75. The van der Waals surface area contributed by atoms with Crippen LogP contribution in [-0.2, 0) is 0 Å². The zero-order valence-electron chi connectivity index (χ0n) is 15.4. The van der Waals surface area contributed by atoms with Crippen LogP contribution in [-0.4, -0.2) is 0 Å². The molecule has 0 amide bonds. The number of allylic oxidation sites excluding steroid dienone is 2. The Hall–Kier alpha value is -0.260. The molecule has 0 heterocycles. The van der Waals surface area contributed by atoms with Crippen molar-refractivity contribution in [3.63, 3.8) is 0 Å². The van der Waals surface area contributed by atoms with Gasteiger partial charge in [0.25, 0.3) is 0 Å². The summed E-state index contributed by atoms with van der Waals surface area (Å²) in [5.74, 6) is 0. The molecule has 0 nitrogen and oxygen atoms in total. The van der Waals surface area contributed by atoms with Crippen LogP contribution in [0.2, 0.25) is 0 Å². The van der Waals surface area contributed by atoms with Crippen LogP contribution in [0.3, 0.4) is 0 Å². The van der Waals surface area contributed by atoms with Gasteiger partial charge in [0.2, 0.25) is 0 Å². The quantitative estimate of drug-likeness (QED) is 0.343. The molecule has 0 spiro atoms. The molecule has 0 aromatic rings. The molecular weight excluding hydrogens is 240 g/mol. The highest BCUT2D eigenvalue weighted by Gasteiger charge is 2.30. The lowest BCUT2D eigenvalue weighted by Crippen LogP contribution is -2.23. The fraction of sp³-hybridized carbons (Fsp3) is 0.900. The van der Waals surface area contributed by atoms with Crippen molar-refractivity contribution in [1.29, 1.82) is 0 Å². The molecule has 0 aromatic carbocycles. The first-order chi connectivity index (χ1) is 9.50. The summed E-state index contributed by atoms with van der Waals surface area (Å²) in [5.41, 5.74) is 2.83. The second-order valence-corrected chi connectivity index (χ2v) is 6.75. The molecule has 20 heavy (non-hydrogen) atoms. The lowest BCUT2D eigenvalue weighted by molar-refractivity contribution is 0.212. The van der Waals surface area contributed by atoms with Gasteiger partial charge in [0, 0.05) is 0 Å². The van der Waals surface area contributed by atoms with Crippen LogP contribution >= 0.6 is 0 Å². The first-order valence-corrected chi connectivity index (χ1v) is 9.18. The van der Waals surface area contributed by atoms with Crippen molar-refractivity contribution in [3.8, 4) is 0 Å². The van der Waals surface area contributed by atoms with Gasteiger partial charge in [-0.3, -0.25) is 0 Å². The van der Waals surface area contributed by atoms with Crippen molar-refractivity contribution in [1.82, 2.24) is 0 Å². The van der Waals surface area contributed by atoms with Crippen LogP contribution in [0.5, 0.6) is 0 Å². The topological polar surface area (TPSA) is 0 Å². The molecule has 0 bridgehead atoms. The summed E-state index contributed by atoms with van der Waals surface area (Å²) < 4.78 is 0. The summed E-state index contributed by atoms with van der Waals surface area (Å²) in [6.07, 6.45) is 14.3. The van der Waals surface area contributed by atoms with E-state index in [0.29, 0.717) is 10.8 Å².